The number of amides is 3. The van der Waals surface area contributed by atoms with Crippen LogP contribution in [0.5, 0.6) is 11.5 Å². The van der Waals surface area contributed by atoms with Crippen LogP contribution in [0.3, 0.4) is 0 Å². The summed E-state index contributed by atoms with van der Waals surface area (Å²) < 4.78 is 11.8. The number of rotatable bonds is 8. The average molecular weight is 532 g/mol. The third-order valence-corrected chi connectivity index (χ3v) is 7.32. The number of nitrogens with one attached hydrogen (secondary N) is 2. The first-order chi connectivity index (χ1) is 18.8. The lowest BCUT2D eigenvalue weighted by Gasteiger charge is -2.24. The Morgan fingerprint density at radius 2 is 1.97 bits per heavy atom. The van der Waals surface area contributed by atoms with Crippen LogP contribution in [-0.2, 0) is 9.59 Å². The van der Waals surface area contributed by atoms with Crippen molar-refractivity contribution in [3.63, 3.8) is 0 Å². The number of nitrogens with two attached hydrogens (primary N) is 1. The second-order valence-corrected chi connectivity index (χ2v) is 9.66. The van der Waals surface area contributed by atoms with E-state index < -0.39 is 35.6 Å². The van der Waals surface area contributed by atoms with Crippen LogP contribution in [-0.4, -0.2) is 64.2 Å². The van der Waals surface area contributed by atoms with Crippen LogP contribution in [0.25, 0.3) is 22.2 Å². The van der Waals surface area contributed by atoms with E-state index >= 15 is 0 Å². The summed E-state index contributed by atoms with van der Waals surface area (Å²) in [5.41, 5.74) is 2.87. The Morgan fingerprint density at radius 3 is 2.62 bits per heavy atom. The van der Waals surface area contributed by atoms with E-state index in [-0.39, 0.29) is 25.3 Å². The van der Waals surface area contributed by atoms with Gasteiger partial charge in [0, 0.05) is 35.4 Å². The number of hydrogen-bond acceptors (Lipinski definition) is 7. The van der Waals surface area contributed by atoms with Gasteiger partial charge in [0.05, 0.1) is 24.9 Å². The van der Waals surface area contributed by atoms with Crippen molar-refractivity contribution in [1.29, 1.82) is 0 Å². The zero-order valence-electron chi connectivity index (χ0n) is 21.3. The van der Waals surface area contributed by atoms with Crippen LogP contribution in [0.2, 0.25) is 0 Å². The van der Waals surface area contributed by atoms with E-state index in [0.717, 1.165) is 10.9 Å². The van der Waals surface area contributed by atoms with Gasteiger partial charge < -0.3 is 24.8 Å². The Morgan fingerprint density at radius 1 is 1.21 bits per heavy atom. The van der Waals surface area contributed by atoms with Gasteiger partial charge in [-0.1, -0.05) is 36.4 Å². The first-order valence-electron chi connectivity index (χ1n) is 12.5. The topological polar surface area (TPSA) is 156 Å². The van der Waals surface area contributed by atoms with Crippen molar-refractivity contribution in [2.75, 3.05) is 13.7 Å². The number of carbonyl (C=O) groups excluding carboxylic acids is 2. The molecule has 1 aromatic heterocycles. The molecule has 1 aliphatic heterocycles. The summed E-state index contributed by atoms with van der Waals surface area (Å²) in [4.78, 5) is 43.8. The van der Waals surface area contributed by atoms with E-state index in [2.05, 4.69) is 17.3 Å². The van der Waals surface area contributed by atoms with Gasteiger partial charge in [0.25, 0.3) is 0 Å². The number of carboxylic acids is 1. The van der Waals surface area contributed by atoms with Gasteiger partial charge in [-0.15, -0.1) is 6.58 Å². The Kier molecular flexibility index (Phi) is 6.83. The SMILES string of the molecule is C=C[C@@H]1C[C@]1(NC(=O)[C@H]1C[C@@H](Oc2cc(-c3ccccc3)nc3cc(OC)ccc23)CN1C(=O)NN)C(=O)O. The van der Waals surface area contributed by atoms with Crippen molar-refractivity contribution in [3.8, 4) is 22.8 Å². The number of carboxylic acid groups (broad SMARTS) is 1. The van der Waals surface area contributed by atoms with Gasteiger partial charge in [0.2, 0.25) is 5.91 Å². The number of aromatic nitrogens is 1. The molecule has 1 aliphatic carbocycles. The normalized spacial score (nSPS) is 23.6. The van der Waals surface area contributed by atoms with Crippen molar-refractivity contribution < 1.29 is 29.0 Å². The molecule has 4 atom stereocenters. The van der Waals surface area contributed by atoms with Crippen LogP contribution in [0.1, 0.15) is 12.8 Å². The predicted molar refractivity (Wildman–Crippen MR) is 143 cm³/mol. The molecule has 2 heterocycles. The van der Waals surface area contributed by atoms with E-state index in [0.29, 0.717) is 22.7 Å². The maximum Gasteiger partial charge on any atom is 0.332 e. The molecule has 0 radical (unpaired) electrons. The number of likely N-dealkylation sites (tertiary alicyclic amines) is 1. The standard InChI is InChI=1S/C28H29N5O6/c1-3-17-14-28(17,26(35)36)31-25(34)23-12-19(15-33(23)27(37)32-29)39-24-13-21(16-7-5-4-6-8-16)30-22-11-18(38-2)9-10-20(22)24/h3-11,13,17,19,23H,1,12,14-15,29H2,2H3,(H,31,34)(H,32,37)(H,35,36)/t17-,19-,23-,28-/m1/s1. The lowest BCUT2D eigenvalue weighted by Crippen LogP contribution is -2.55. The van der Waals surface area contributed by atoms with Crippen molar-refractivity contribution in [2.45, 2.75) is 30.5 Å². The van der Waals surface area contributed by atoms with Gasteiger partial charge in [-0.2, -0.15) is 0 Å². The number of nitrogens with zero attached hydrogens (tertiary/aromatic N) is 2. The molecule has 2 fully saturated rings. The van der Waals surface area contributed by atoms with E-state index in [1.165, 1.54) is 11.0 Å². The van der Waals surface area contributed by atoms with Crippen molar-refractivity contribution >= 4 is 28.8 Å². The molecule has 11 nitrogen and oxygen atoms in total. The second kappa shape index (κ2) is 10.3. The summed E-state index contributed by atoms with van der Waals surface area (Å²) in [7, 11) is 1.58. The molecule has 11 heteroatoms. The number of benzene rings is 2. The zero-order valence-corrected chi connectivity index (χ0v) is 21.3. The van der Waals surface area contributed by atoms with Gasteiger partial charge >= 0.3 is 12.0 Å². The highest BCUT2D eigenvalue weighted by Crippen LogP contribution is 2.45. The fourth-order valence-corrected chi connectivity index (χ4v) is 5.09. The van der Waals surface area contributed by atoms with Gasteiger partial charge in [-0.25, -0.2) is 20.4 Å². The molecular weight excluding hydrogens is 502 g/mol. The number of fused-ring (bicyclic) bond motifs is 1. The Bertz CT molecular complexity index is 1450. The summed E-state index contributed by atoms with van der Waals surface area (Å²) in [5.74, 6) is 4.43. The average Bonchev–Trinajstić information content (AvgIpc) is 3.52. The molecule has 5 rings (SSSR count). The molecule has 5 N–H and O–H groups in total. The van der Waals surface area contributed by atoms with Crippen LogP contribution in [0, 0.1) is 5.92 Å². The van der Waals surface area contributed by atoms with Crippen LogP contribution in [0.15, 0.2) is 67.3 Å². The molecule has 1 saturated carbocycles. The number of carbonyl (C=O) groups is 3. The lowest BCUT2D eigenvalue weighted by molar-refractivity contribution is -0.144. The predicted octanol–water partition coefficient (Wildman–Crippen LogP) is 2.46. The van der Waals surface area contributed by atoms with Crippen molar-refractivity contribution in [3.05, 3.63) is 67.3 Å². The molecule has 0 spiro atoms. The van der Waals surface area contributed by atoms with Crippen molar-refractivity contribution in [1.82, 2.24) is 20.6 Å². The van der Waals surface area contributed by atoms with Crippen LogP contribution in [0.4, 0.5) is 4.79 Å². The van der Waals surface area contributed by atoms with Crippen LogP contribution >= 0.6 is 0 Å². The second-order valence-electron chi connectivity index (χ2n) is 9.66. The van der Waals surface area contributed by atoms with E-state index in [9.17, 15) is 19.5 Å². The van der Waals surface area contributed by atoms with Gasteiger partial charge in [0.1, 0.15) is 29.2 Å². The first-order valence-corrected chi connectivity index (χ1v) is 12.5. The van der Waals surface area contributed by atoms with Crippen LogP contribution < -0.4 is 26.1 Å². The fraction of sp³-hybridized carbons (Fsp3) is 0.286. The molecule has 2 aliphatic rings. The minimum atomic E-state index is -1.42. The molecule has 0 unspecified atom stereocenters. The van der Waals surface area contributed by atoms with E-state index in [4.69, 9.17) is 20.3 Å². The number of urea groups is 1. The number of ether oxygens (including phenoxy) is 2. The molecule has 202 valence electrons. The third kappa shape index (κ3) is 4.84. The number of hydrazine groups is 1. The van der Waals surface area contributed by atoms with Gasteiger partial charge in [0.15, 0.2) is 0 Å². The maximum absolute atomic E-state index is 13.3. The Labute approximate surface area is 224 Å². The summed E-state index contributed by atoms with van der Waals surface area (Å²) in [6.45, 7) is 3.71. The highest BCUT2D eigenvalue weighted by molar-refractivity contribution is 5.94. The molecule has 3 amide bonds. The minimum Gasteiger partial charge on any atom is -0.497 e. The van der Waals surface area contributed by atoms with Crippen molar-refractivity contribution in [2.24, 2.45) is 11.8 Å². The number of methoxy groups -OCH3 is 1. The smallest absolute Gasteiger partial charge is 0.332 e. The molecular formula is C28H29N5O6. The zero-order chi connectivity index (χ0) is 27.7. The Hall–Kier alpha value is -4.64. The quantitative estimate of drug-likeness (QED) is 0.149. The maximum atomic E-state index is 13.3. The molecule has 39 heavy (non-hydrogen) atoms. The number of aliphatic carboxylic acids is 1. The molecule has 2 aromatic carbocycles. The molecule has 0 bridgehead atoms. The first kappa shape index (κ1) is 26.0. The monoisotopic (exact) mass is 531 g/mol. The van der Waals surface area contributed by atoms with E-state index in [1.807, 2.05) is 48.5 Å². The largest absolute Gasteiger partial charge is 0.497 e. The summed E-state index contributed by atoms with van der Waals surface area (Å²) in [6, 6.07) is 15.2. The number of hydrogen-bond donors (Lipinski definition) is 4. The number of pyridine rings is 1. The minimum absolute atomic E-state index is 0.0622. The lowest BCUT2D eigenvalue weighted by atomic mass is 10.1. The van der Waals surface area contributed by atoms with Gasteiger partial charge in [-0.05, 0) is 18.6 Å². The Balaban J connectivity index is 1.45. The highest BCUT2D eigenvalue weighted by atomic mass is 16.5. The molecule has 1 saturated heterocycles. The molecule has 3 aromatic rings. The van der Waals surface area contributed by atoms with Gasteiger partial charge in [-0.3, -0.25) is 10.2 Å². The summed E-state index contributed by atoms with van der Waals surface area (Å²) >= 11 is 0. The highest BCUT2D eigenvalue weighted by Gasteiger charge is 2.61. The summed E-state index contributed by atoms with van der Waals surface area (Å²) in [6.07, 6.45) is 1.30. The van der Waals surface area contributed by atoms with E-state index in [1.54, 1.807) is 13.2 Å². The fourth-order valence-electron chi connectivity index (χ4n) is 5.09. The third-order valence-electron chi connectivity index (χ3n) is 7.32. The summed E-state index contributed by atoms with van der Waals surface area (Å²) in [5, 5.41) is 13.1.